The molecule has 1 aromatic carbocycles. The topological polar surface area (TPSA) is 72.2 Å². The summed E-state index contributed by atoms with van der Waals surface area (Å²) in [5.41, 5.74) is 6.13. The van der Waals surface area contributed by atoms with Crippen LogP contribution in [0.4, 0.5) is 5.69 Å². The van der Waals surface area contributed by atoms with E-state index in [1.54, 1.807) is 18.2 Å². The van der Waals surface area contributed by atoms with Crippen LogP contribution in [0.15, 0.2) is 29.2 Å². The van der Waals surface area contributed by atoms with Crippen molar-refractivity contribution in [2.75, 3.05) is 17.6 Å². The van der Waals surface area contributed by atoms with Crippen LogP contribution in [0.3, 0.4) is 0 Å². The molecule has 5 heteroatoms. The van der Waals surface area contributed by atoms with Gasteiger partial charge in [0, 0.05) is 6.04 Å². The Hall–Kier alpha value is -1.07. The van der Waals surface area contributed by atoms with E-state index >= 15 is 0 Å². The van der Waals surface area contributed by atoms with Gasteiger partial charge in [0.05, 0.1) is 16.3 Å². The molecule has 0 aromatic heterocycles. The smallest absolute Gasteiger partial charge is 0.182 e. The molecule has 0 saturated heterocycles. The third-order valence-electron chi connectivity index (χ3n) is 2.52. The van der Waals surface area contributed by atoms with E-state index in [1.807, 2.05) is 6.07 Å². The fourth-order valence-corrected chi connectivity index (χ4v) is 3.54. The second-order valence-electron chi connectivity index (χ2n) is 3.70. The van der Waals surface area contributed by atoms with Gasteiger partial charge in [0.2, 0.25) is 0 Å². The van der Waals surface area contributed by atoms with Crippen molar-refractivity contribution in [1.29, 1.82) is 0 Å². The van der Waals surface area contributed by atoms with Crippen LogP contribution < -0.4 is 11.1 Å². The highest BCUT2D eigenvalue weighted by molar-refractivity contribution is 7.91. The predicted octanol–water partition coefficient (Wildman–Crippen LogP) is 0.603. The zero-order chi connectivity index (χ0) is 10.9. The van der Waals surface area contributed by atoms with Crippen molar-refractivity contribution in [2.45, 2.75) is 17.4 Å². The molecule has 15 heavy (non-hydrogen) atoms. The Kier molecular flexibility index (Phi) is 2.67. The third-order valence-corrected chi connectivity index (χ3v) is 4.38. The van der Waals surface area contributed by atoms with Gasteiger partial charge in [-0.05, 0) is 25.1 Å². The number of nitrogens with one attached hydrogen (secondary N) is 1. The molecule has 82 valence electrons. The maximum atomic E-state index is 11.9. The fourth-order valence-electron chi connectivity index (χ4n) is 1.83. The van der Waals surface area contributed by atoms with Crippen LogP contribution in [-0.2, 0) is 9.84 Å². The lowest BCUT2D eigenvalue weighted by atomic mass is 10.2. The molecule has 0 spiro atoms. The number of benzene rings is 1. The van der Waals surface area contributed by atoms with E-state index < -0.39 is 9.84 Å². The Labute approximate surface area is 89.4 Å². The molecule has 0 amide bonds. The molecule has 1 heterocycles. The Balaban J connectivity index is 2.40. The van der Waals surface area contributed by atoms with Crippen molar-refractivity contribution in [1.82, 2.24) is 0 Å². The first kappa shape index (κ1) is 10.4. The van der Waals surface area contributed by atoms with Gasteiger partial charge < -0.3 is 11.1 Å². The van der Waals surface area contributed by atoms with E-state index in [1.165, 1.54) is 0 Å². The van der Waals surface area contributed by atoms with Gasteiger partial charge in [0.25, 0.3) is 0 Å². The van der Waals surface area contributed by atoms with E-state index in [9.17, 15) is 8.42 Å². The molecule has 2 rings (SSSR count). The van der Waals surface area contributed by atoms with E-state index in [2.05, 4.69) is 5.32 Å². The molecule has 4 nitrogen and oxygen atoms in total. The van der Waals surface area contributed by atoms with Crippen LogP contribution in [0, 0.1) is 0 Å². The summed E-state index contributed by atoms with van der Waals surface area (Å²) in [5, 5.41) is 3.19. The minimum atomic E-state index is -3.13. The van der Waals surface area contributed by atoms with E-state index in [4.69, 9.17) is 5.73 Å². The van der Waals surface area contributed by atoms with Crippen LogP contribution in [0.1, 0.15) is 6.42 Å². The van der Waals surface area contributed by atoms with Crippen molar-refractivity contribution >= 4 is 15.5 Å². The zero-order valence-electron chi connectivity index (χ0n) is 8.31. The molecule has 1 atom stereocenters. The molecule has 1 unspecified atom stereocenters. The highest BCUT2D eigenvalue weighted by Crippen LogP contribution is 2.28. The van der Waals surface area contributed by atoms with E-state index in [0.717, 1.165) is 0 Å². The number of para-hydroxylation sites is 1. The Morgan fingerprint density at radius 2 is 2.13 bits per heavy atom. The number of hydrogen-bond acceptors (Lipinski definition) is 4. The highest BCUT2D eigenvalue weighted by Gasteiger charge is 2.28. The van der Waals surface area contributed by atoms with Crippen LogP contribution in [0.5, 0.6) is 0 Å². The molecule has 0 radical (unpaired) electrons. The van der Waals surface area contributed by atoms with Gasteiger partial charge in [-0.25, -0.2) is 8.42 Å². The van der Waals surface area contributed by atoms with Crippen LogP contribution >= 0.6 is 0 Å². The lowest BCUT2D eigenvalue weighted by Gasteiger charge is -2.26. The predicted molar refractivity (Wildman–Crippen MR) is 59.6 cm³/mol. The Morgan fingerprint density at radius 3 is 2.87 bits per heavy atom. The molecular weight excluding hydrogens is 212 g/mol. The maximum absolute atomic E-state index is 11.9. The molecule has 0 aliphatic carbocycles. The first-order chi connectivity index (χ1) is 7.13. The molecule has 1 aromatic rings. The molecule has 0 saturated carbocycles. The quantitative estimate of drug-likeness (QED) is 0.774. The van der Waals surface area contributed by atoms with Crippen LogP contribution in [-0.4, -0.2) is 26.8 Å². The van der Waals surface area contributed by atoms with Gasteiger partial charge in [-0.1, -0.05) is 12.1 Å². The van der Waals surface area contributed by atoms with Gasteiger partial charge in [-0.3, -0.25) is 0 Å². The number of rotatable bonds is 2. The van der Waals surface area contributed by atoms with Gasteiger partial charge in [0.1, 0.15) is 0 Å². The van der Waals surface area contributed by atoms with Crippen LogP contribution in [0.25, 0.3) is 0 Å². The van der Waals surface area contributed by atoms with Crippen molar-refractivity contribution in [3.63, 3.8) is 0 Å². The van der Waals surface area contributed by atoms with Crippen molar-refractivity contribution < 1.29 is 8.42 Å². The number of nitrogens with two attached hydrogens (primary N) is 1. The lowest BCUT2D eigenvalue weighted by molar-refractivity contribution is 0.580. The molecule has 0 bridgehead atoms. The van der Waals surface area contributed by atoms with Crippen molar-refractivity contribution in [3.05, 3.63) is 24.3 Å². The molecule has 3 N–H and O–H groups in total. The summed E-state index contributed by atoms with van der Waals surface area (Å²) in [4.78, 5) is 0.401. The van der Waals surface area contributed by atoms with Gasteiger partial charge in [-0.15, -0.1) is 0 Å². The summed E-state index contributed by atoms with van der Waals surface area (Å²) < 4.78 is 23.8. The number of sulfone groups is 1. The Bertz CT molecular complexity index is 456. The average Bonchev–Trinajstić information content (AvgIpc) is 2.17. The summed E-state index contributed by atoms with van der Waals surface area (Å²) in [6, 6.07) is 6.93. The van der Waals surface area contributed by atoms with E-state index in [-0.39, 0.29) is 11.8 Å². The molecule has 0 fully saturated rings. The number of fused-ring (bicyclic) bond motifs is 1. The molecule has 1 aliphatic heterocycles. The second-order valence-corrected chi connectivity index (χ2v) is 5.70. The first-order valence-corrected chi connectivity index (χ1v) is 6.57. The summed E-state index contributed by atoms with van der Waals surface area (Å²) in [5.74, 6) is 0.140. The van der Waals surface area contributed by atoms with Crippen LogP contribution in [0.2, 0.25) is 0 Å². The summed E-state index contributed by atoms with van der Waals surface area (Å²) >= 11 is 0. The third kappa shape index (κ3) is 1.98. The SMILES string of the molecule is NCCC1CS(=O)(=O)c2ccccc2N1. The summed E-state index contributed by atoms with van der Waals surface area (Å²) in [6.07, 6.45) is 0.674. The average molecular weight is 226 g/mol. The fraction of sp³-hybridized carbons (Fsp3) is 0.400. The van der Waals surface area contributed by atoms with Crippen molar-refractivity contribution in [2.24, 2.45) is 5.73 Å². The second kappa shape index (κ2) is 3.83. The zero-order valence-corrected chi connectivity index (χ0v) is 9.13. The number of hydrogen-bond donors (Lipinski definition) is 2. The largest absolute Gasteiger partial charge is 0.380 e. The first-order valence-electron chi connectivity index (χ1n) is 4.92. The van der Waals surface area contributed by atoms with E-state index in [0.29, 0.717) is 23.5 Å². The highest BCUT2D eigenvalue weighted by atomic mass is 32.2. The normalized spacial score (nSPS) is 22.9. The Morgan fingerprint density at radius 1 is 1.40 bits per heavy atom. The monoisotopic (exact) mass is 226 g/mol. The summed E-state index contributed by atoms with van der Waals surface area (Å²) in [6.45, 7) is 0.495. The standard InChI is InChI=1S/C10H14N2O2S/c11-6-5-8-7-15(13,14)10-4-2-1-3-9(10)12-8/h1-4,8,12H,5-7,11H2. The molecular formula is C10H14N2O2S. The minimum absolute atomic E-state index is 0.0603. The van der Waals surface area contributed by atoms with Gasteiger partial charge in [0.15, 0.2) is 9.84 Å². The van der Waals surface area contributed by atoms with Gasteiger partial charge >= 0.3 is 0 Å². The number of anilines is 1. The maximum Gasteiger partial charge on any atom is 0.182 e. The van der Waals surface area contributed by atoms with Crippen molar-refractivity contribution in [3.8, 4) is 0 Å². The minimum Gasteiger partial charge on any atom is -0.380 e. The molecule has 1 aliphatic rings. The summed E-state index contributed by atoms with van der Waals surface area (Å²) in [7, 11) is -3.13. The van der Waals surface area contributed by atoms with Gasteiger partial charge in [-0.2, -0.15) is 0 Å². The lowest BCUT2D eigenvalue weighted by Crippen LogP contribution is -2.35.